The molecule has 1 aliphatic rings. The first-order valence-electron chi connectivity index (χ1n) is 23.0. The third-order valence-electron chi connectivity index (χ3n) is 11.9. The van der Waals surface area contributed by atoms with Gasteiger partial charge >= 0.3 is 0 Å². The normalized spacial score (nSPS) is 19.9. The molecule has 65 heavy (non-hydrogen) atoms. The van der Waals surface area contributed by atoms with Crippen LogP contribution in [-0.2, 0) is 71.0 Å². The van der Waals surface area contributed by atoms with Gasteiger partial charge in [-0.1, -0.05) is 172 Å². The molecule has 3 unspecified atom stereocenters. The van der Waals surface area contributed by atoms with Crippen molar-refractivity contribution in [1.82, 2.24) is 10.6 Å². The average molecular weight is 887 g/mol. The second kappa shape index (κ2) is 25.2. The van der Waals surface area contributed by atoms with Crippen molar-refractivity contribution in [3.8, 4) is 0 Å². The zero-order valence-electron chi connectivity index (χ0n) is 39.1. The molecule has 10 heteroatoms. The lowest BCUT2D eigenvalue weighted by Gasteiger charge is -2.46. The first-order valence-corrected chi connectivity index (χ1v) is 23.0. The first-order chi connectivity index (χ1) is 31.5. The third kappa shape index (κ3) is 15.7. The van der Waals surface area contributed by atoms with Crippen molar-refractivity contribution in [1.29, 1.82) is 0 Å². The molecule has 1 fully saturated rings. The highest BCUT2D eigenvalue weighted by atomic mass is 16.7. The summed E-state index contributed by atoms with van der Waals surface area (Å²) in [5, 5.41) is 6.74. The second-order valence-electron chi connectivity index (χ2n) is 18.2. The van der Waals surface area contributed by atoms with E-state index in [1.165, 1.54) is 0 Å². The van der Waals surface area contributed by atoms with Crippen LogP contribution in [-0.4, -0.2) is 74.6 Å². The van der Waals surface area contributed by atoms with E-state index in [0.29, 0.717) is 39.3 Å². The van der Waals surface area contributed by atoms with Gasteiger partial charge in [0.2, 0.25) is 5.91 Å². The number of nitrogens with one attached hydrogen (secondary N) is 2. The van der Waals surface area contributed by atoms with Crippen molar-refractivity contribution >= 4 is 5.91 Å². The Kier molecular flexibility index (Phi) is 19.3. The molecule has 0 saturated carbocycles. The third-order valence-corrected chi connectivity index (χ3v) is 11.9. The van der Waals surface area contributed by atoms with Crippen LogP contribution in [0.4, 0.5) is 0 Å². The molecule has 10 nitrogen and oxygen atoms in total. The molecule has 7 atom stereocenters. The lowest BCUT2D eigenvalue weighted by atomic mass is 9.79. The molecule has 0 aromatic heterocycles. The van der Waals surface area contributed by atoms with Crippen LogP contribution in [0.5, 0.6) is 0 Å². The summed E-state index contributed by atoms with van der Waals surface area (Å²) in [5.74, 6) is -0.0942. The second-order valence-corrected chi connectivity index (χ2v) is 18.2. The summed E-state index contributed by atoms with van der Waals surface area (Å²) in [4.78, 5) is 14.4. The number of ether oxygens (including phenoxy) is 7. The Morgan fingerprint density at radius 3 is 1.48 bits per heavy atom. The van der Waals surface area contributed by atoms with Crippen molar-refractivity contribution in [2.75, 3.05) is 20.3 Å². The fraction of sp³-hybridized carbons (Fsp3) is 0.436. The van der Waals surface area contributed by atoms with Crippen molar-refractivity contribution in [2.24, 2.45) is 5.41 Å². The van der Waals surface area contributed by atoms with Crippen LogP contribution in [0.15, 0.2) is 152 Å². The highest BCUT2D eigenvalue weighted by Crippen LogP contribution is 2.33. The minimum atomic E-state index is -0.955. The van der Waals surface area contributed by atoms with E-state index in [-0.39, 0.29) is 31.3 Å². The van der Waals surface area contributed by atoms with E-state index in [9.17, 15) is 4.79 Å². The molecule has 1 amide bonds. The maximum Gasteiger partial charge on any atom is 0.226 e. The van der Waals surface area contributed by atoms with Gasteiger partial charge in [-0.15, -0.1) is 0 Å². The number of carbonyl (C=O) groups excluding carboxylic acids is 1. The molecule has 1 heterocycles. The largest absolute Gasteiger partial charge is 0.374 e. The van der Waals surface area contributed by atoms with Gasteiger partial charge < -0.3 is 43.8 Å². The van der Waals surface area contributed by atoms with Crippen molar-refractivity contribution in [2.45, 2.75) is 129 Å². The molecule has 348 valence electrons. The van der Waals surface area contributed by atoms with Crippen LogP contribution >= 0.6 is 0 Å². The first kappa shape index (κ1) is 49.7. The smallest absolute Gasteiger partial charge is 0.226 e. The van der Waals surface area contributed by atoms with Crippen LogP contribution in [0.2, 0.25) is 0 Å². The van der Waals surface area contributed by atoms with E-state index in [2.05, 4.69) is 31.4 Å². The van der Waals surface area contributed by atoms with Crippen LogP contribution in [0.3, 0.4) is 0 Å². The van der Waals surface area contributed by atoms with Gasteiger partial charge in [0.15, 0.2) is 6.29 Å². The minimum Gasteiger partial charge on any atom is -0.374 e. The summed E-state index contributed by atoms with van der Waals surface area (Å²) >= 11 is 0. The zero-order chi connectivity index (χ0) is 45.9. The van der Waals surface area contributed by atoms with Crippen LogP contribution < -0.4 is 10.6 Å². The number of benzene rings is 5. The maximum atomic E-state index is 14.4. The lowest BCUT2D eigenvalue weighted by Crippen LogP contribution is -2.62. The molecule has 1 saturated heterocycles. The molecule has 2 N–H and O–H groups in total. The van der Waals surface area contributed by atoms with E-state index < -0.39 is 48.3 Å². The molecule has 0 radical (unpaired) electrons. The topological polar surface area (TPSA) is 106 Å². The maximum absolute atomic E-state index is 14.4. The van der Waals surface area contributed by atoms with Gasteiger partial charge in [0.05, 0.1) is 58.4 Å². The van der Waals surface area contributed by atoms with Gasteiger partial charge in [-0.2, -0.15) is 0 Å². The average Bonchev–Trinajstić information content (AvgIpc) is 3.33. The van der Waals surface area contributed by atoms with Crippen LogP contribution in [0, 0.1) is 5.41 Å². The standard InChI is InChI=1S/C55H70N2O8/c1-7-47(60-34-42-25-15-9-16-26-42)46(57-53(58)54(2,3)40-55(4,5)56-6)38-64-52-51(63-37-45-31-21-12-22-32-45)50(62-36-44-29-19-11-20-30-44)49(61-35-43-27-17-10-18-28-43)48(65-52)39-59-33-41-23-13-8-14-24-41/h8-32,46-52,56H,7,33-40H2,1-6H3,(H,57,58)/t46-,47+,48?,49-,50?,51?,52-/m0/s1. The monoisotopic (exact) mass is 887 g/mol. The highest BCUT2D eigenvalue weighted by Gasteiger charge is 2.49. The van der Waals surface area contributed by atoms with Gasteiger partial charge in [-0.3, -0.25) is 4.79 Å². The van der Waals surface area contributed by atoms with Gasteiger partial charge in [0, 0.05) is 11.0 Å². The summed E-state index contributed by atoms with van der Waals surface area (Å²) in [7, 11) is 1.92. The van der Waals surface area contributed by atoms with Crippen LogP contribution in [0.1, 0.15) is 75.3 Å². The molecule has 1 aliphatic heterocycles. The zero-order valence-corrected chi connectivity index (χ0v) is 39.1. The van der Waals surface area contributed by atoms with Gasteiger partial charge in [-0.05, 0) is 61.6 Å². The van der Waals surface area contributed by atoms with Crippen LogP contribution in [0.25, 0.3) is 0 Å². The summed E-state index contributed by atoms with van der Waals surface area (Å²) in [6.45, 7) is 12.1. The van der Waals surface area contributed by atoms with Crippen molar-refractivity contribution in [3.05, 3.63) is 179 Å². The molecular weight excluding hydrogens is 817 g/mol. The fourth-order valence-corrected chi connectivity index (χ4v) is 8.25. The molecule has 0 spiro atoms. The Morgan fingerprint density at radius 1 is 0.585 bits per heavy atom. The molecule has 0 aliphatic carbocycles. The summed E-state index contributed by atoms with van der Waals surface area (Å²) in [5.41, 5.74) is 4.10. The number of carbonyl (C=O) groups is 1. The Morgan fingerprint density at radius 2 is 1.02 bits per heavy atom. The lowest BCUT2D eigenvalue weighted by molar-refractivity contribution is -0.329. The molecular formula is C55H70N2O8. The van der Waals surface area contributed by atoms with E-state index >= 15 is 0 Å². The molecule has 5 aromatic rings. The molecule has 6 rings (SSSR count). The minimum absolute atomic E-state index is 0.0684. The van der Waals surface area contributed by atoms with Gasteiger partial charge in [0.25, 0.3) is 0 Å². The summed E-state index contributed by atoms with van der Waals surface area (Å²) < 4.78 is 47.7. The predicted molar refractivity (Wildman–Crippen MR) is 255 cm³/mol. The van der Waals surface area contributed by atoms with E-state index in [1.54, 1.807) is 0 Å². The Balaban J connectivity index is 1.34. The van der Waals surface area contributed by atoms with E-state index in [4.69, 9.17) is 33.2 Å². The van der Waals surface area contributed by atoms with E-state index in [1.807, 2.05) is 173 Å². The SMILES string of the molecule is CC[C@@H](OCc1ccccc1)[C@H](CO[C@H]1OC(COCc2ccccc2)[C@H](OCc2ccccc2)C(OCc2ccccc2)C1OCc1ccccc1)NC(=O)C(C)(C)CC(C)(C)NC. The Bertz CT molecular complexity index is 2070. The summed E-state index contributed by atoms with van der Waals surface area (Å²) in [6.07, 6.45) is -2.80. The molecule has 5 aromatic carbocycles. The Hall–Kier alpha value is -4.75. The van der Waals surface area contributed by atoms with E-state index in [0.717, 1.165) is 27.8 Å². The van der Waals surface area contributed by atoms with Crippen molar-refractivity contribution < 1.29 is 38.0 Å². The van der Waals surface area contributed by atoms with Gasteiger partial charge in [0.1, 0.15) is 24.4 Å². The fourth-order valence-electron chi connectivity index (χ4n) is 8.25. The predicted octanol–water partition coefficient (Wildman–Crippen LogP) is 9.60. The quantitative estimate of drug-likeness (QED) is 0.0562. The summed E-state index contributed by atoms with van der Waals surface area (Å²) in [6, 6.07) is 49.7. The number of hydrogen-bond acceptors (Lipinski definition) is 9. The number of rotatable bonds is 26. The number of hydrogen-bond donors (Lipinski definition) is 2. The van der Waals surface area contributed by atoms with Crippen molar-refractivity contribution in [3.63, 3.8) is 0 Å². The van der Waals surface area contributed by atoms with Gasteiger partial charge in [-0.25, -0.2) is 0 Å². The number of amides is 1. The Labute approximate surface area is 387 Å². The highest BCUT2D eigenvalue weighted by molar-refractivity contribution is 5.82. The molecule has 0 bridgehead atoms.